The van der Waals surface area contributed by atoms with Crippen LogP contribution in [0.3, 0.4) is 0 Å². The van der Waals surface area contributed by atoms with E-state index in [0.29, 0.717) is 23.7 Å². The number of methoxy groups -OCH3 is 1. The maximum atomic E-state index is 14.2. The van der Waals surface area contributed by atoms with Gasteiger partial charge in [0.2, 0.25) is 0 Å². The van der Waals surface area contributed by atoms with E-state index >= 15 is 0 Å². The molecule has 0 saturated heterocycles. The van der Waals surface area contributed by atoms with Gasteiger partial charge in [-0.3, -0.25) is 0 Å². The van der Waals surface area contributed by atoms with E-state index in [0.717, 1.165) is 11.3 Å². The molecule has 1 amide bonds. The zero-order chi connectivity index (χ0) is 18.2. The van der Waals surface area contributed by atoms with Crippen LogP contribution in [0.25, 0.3) is 0 Å². The van der Waals surface area contributed by atoms with Crippen LogP contribution in [0.1, 0.15) is 19.4 Å². The van der Waals surface area contributed by atoms with Gasteiger partial charge in [-0.15, -0.1) is 11.8 Å². The highest BCUT2D eigenvalue weighted by atomic mass is 32.2. The summed E-state index contributed by atoms with van der Waals surface area (Å²) in [6.45, 7) is 4.82. The van der Waals surface area contributed by atoms with Crippen LogP contribution in [0.15, 0.2) is 47.4 Å². The van der Waals surface area contributed by atoms with Gasteiger partial charge in [-0.1, -0.05) is 18.2 Å². The van der Waals surface area contributed by atoms with Gasteiger partial charge in [0.05, 0.1) is 12.0 Å². The molecule has 0 aliphatic rings. The first-order chi connectivity index (χ1) is 12.1. The summed E-state index contributed by atoms with van der Waals surface area (Å²) >= 11 is 1.30. The van der Waals surface area contributed by atoms with Crippen LogP contribution in [0.5, 0.6) is 11.5 Å². The molecule has 0 aromatic heterocycles. The zero-order valence-corrected chi connectivity index (χ0v) is 15.4. The van der Waals surface area contributed by atoms with Gasteiger partial charge in [0, 0.05) is 18.8 Å². The predicted molar refractivity (Wildman–Crippen MR) is 97.9 cm³/mol. The van der Waals surface area contributed by atoms with Crippen LogP contribution in [0, 0.1) is 5.82 Å². The molecule has 0 fully saturated rings. The van der Waals surface area contributed by atoms with Crippen molar-refractivity contribution in [3.63, 3.8) is 0 Å². The Hall–Kier alpha value is -2.21. The fourth-order valence-electron chi connectivity index (χ4n) is 2.23. The number of hydrogen-bond acceptors (Lipinski definition) is 4. The Balaban J connectivity index is 2.12. The van der Waals surface area contributed by atoms with Crippen LogP contribution in [-0.4, -0.2) is 31.2 Å². The van der Waals surface area contributed by atoms with Crippen LogP contribution < -0.4 is 9.47 Å². The molecule has 0 spiro atoms. The topological polar surface area (TPSA) is 38.8 Å². The summed E-state index contributed by atoms with van der Waals surface area (Å²) in [7, 11) is 1.61. The number of rotatable bonds is 7. The van der Waals surface area contributed by atoms with Gasteiger partial charge in [-0.05, 0) is 43.7 Å². The molecule has 0 saturated carbocycles. The summed E-state index contributed by atoms with van der Waals surface area (Å²) in [4.78, 5) is 14.0. The Morgan fingerprint density at radius 1 is 1.12 bits per heavy atom. The minimum absolute atomic E-state index is 0.246. The number of nitrogens with zero attached hydrogens (tertiary/aromatic N) is 1. The molecule has 6 heteroatoms. The van der Waals surface area contributed by atoms with E-state index < -0.39 is 11.9 Å². The Morgan fingerprint density at radius 2 is 1.80 bits per heavy atom. The second-order valence-electron chi connectivity index (χ2n) is 5.24. The van der Waals surface area contributed by atoms with Gasteiger partial charge in [0.1, 0.15) is 17.3 Å². The van der Waals surface area contributed by atoms with Gasteiger partial charge in [0.25, 0.3) is 0 Å². The molecule has 2 aromatic carbocycles. The number of halogens is 1. The number of carbonyl (C=O) groups excluding carboxylic acids is 1. The lowest BCUT2D eigenvalue weighted by Gasteiger charge is -2.19. The van der Waals surface area contributed by atoms with Crippen molar-refractivity contribution in [1.82, 2.24) is 4.90 Å². The molecule has 0 aliphatic heterocycles. The second kappa shape index (κ2) is 9.32. The summed E-state index contributed by atoms with van der Waals surface area (Å²) in [5, 5.41) is 0. The first-order valence-electron chi connectivity index (χ1n) is 8.10. The van der Waals surface area contributed by atoms with E-state index in [9.17, 15) is 9.18 Å². The predicted octanol–water partition coefficient (Wildman–Crippen LogP) is 4.97. The molecular formula is C19H22FNO3S. The lowest BCUT2D eigenvalue weighted by molar-refractivity contribution is 0.156. The summed E-state index contributed by atoms with van der Waals surface area (Å²) in [6.07, 6.45) is -0.470. The van der Waals surface area contributed by atoms with Crippen LogP contribution in [0.2, 0.25) is 0 Å². The van der Waals surface area contributed by atoms with Gasteiger partial charge >= 0.3 is 6.09 Å². The van der Waals surface area contributed by atoms with E-state index in [1.807, 2.05) is 38.1 Å². The third-order valence-electron chi connectivity index (χ3n) is 3.69. The van der Waals surface area contributed by atoms with E-state index in [2.05, 4.69) is 0 Å². The fraction of sp³-hybridized carbons (Fsp3) is 0.316. The summed E-state index contributed by atoms with van der Waals surface area (Å²) in [6, 6.07) is 12.1. The number of hydrogen-bond donors (Lipinski definition) is 0. The molecule has 134 valence electrons. The first-order valence-corrected chi connectivity index (χ1v) is 9.08. The van der Waals surface area contributed by atoms with E-state index in [1.165, 1.54) is 23.9 Å². The third-order valence-corrected chi connectivity index (χ3v) is 4.85. The highest BCUT2D eigenvalue weighted by molar-refractivity contribution is 7.98. The lowest BCUT2D eigenvalue weighted by Crippen LogP contribution is -2.33. The number of carbonyl (C=O) groups is 1. The number of amides is 1. The Morgan fingerprint density at radius 3 is 2.40 bits per heavy atom. The number of ether oxygens (including phenoxy) is 2. The fourth-order valence-corrected chi connectivity index (χ4v) is 3.19. The largest absolute Gasteiger partial charge is 0.497 e. The normalized spacial score (nSPS) is 10.4. The van der Waals surface area contributed by atoms with Crippen molar-refractivity contribution in [1.29, 1.82) is 0 Å². The Kier molecular flexibility index (Phi) is 7.13. The van der Waals surface area contributed by atoms with Crippen molar-refractivity contribution < 1.29 is 18.7 Å². The molecule has 2 aromatic rings. The van der Waals surface area contributed by atoms with Crippen LogP contribution >= 0.6 is 11.8 Å². The maximum Gasteiger partial charge on any atom is 0.415 e. The molecule has 25 heavy (non-hydrogen) atoms. The SMILES string of the molecule is CCN(CC)C(=O)Oc1cccc(F)c1SCc1ccc(OC)cc1. The molecule has 4 nitrogen and oxygen atoms in total. The average Bonchev–Trinajstić information content (AvgIpc) is 2.62. The minimum atomic E-state index is -0.470. The lowest BCUT2D eigenvalue weighted by atomic mass is 10.2. The zero-order valence-electron chi connectivity index (χ0n) is 14.6. The standard InChI is InChI=1S/C19H22FNO3S/c1-4-21(5-2)19(22)24-17-8-6-7-16(20)18(17)25-13-14-9-11-15(23-3)12-10-14/h6-12H,4-5,13H2,1-3H3. The van der Waals surface area contributed by atoms with Crippen LogP contribution in [-0.2, 0) is 5.75 Å². The first kappa shape index (κ1) is 19.1. The third kappa shape index (κ3) is 5.13. The molecule has 0 heterocycles. The Labute approximate surface area is 151 Å². The minimum Gasteiger partial charge on any atom is -0.497 e. The highest BCUT2D eigenvalue weighted by Gasteiger charge is 2.17. The summed E-state index contributed by atoms with van der Waals surface area (Å²) in [5.41, 5.74) is 1.02. The van der Waals surface area contributed by atoms with Gasteiger partial charge < -0.3 is 14.4 Å². The molecule has 0 unspecified atom stereocenters. The van der Waals surface area contributed by atoms with Crippen LogP contribution in [0.4, 0.5) is 9.18 Å². The molecule has 0 atom stereocenters. The smallest absolute Gasteiger partial charge is 0.415 e. The quantitative estimate of drug-likeness (QED) is 0.651. The summed E-state index contributed by atoms with van der Waals surface area (Å²) in [5.74, 6) is 1.17. The molecule has 0 aliphatic carbocycles. The molecule has 0 N–H and O–H groups in total. The Bertz CT molecular complexity index is 702. The number of benzene rings is 2. The van der Waals surface area contributed by atoms with Crippen molar-refractivity contribution in [3.8, 4) is 11.5 Å². The summed E-state index contributed by atoms with van der Waals surface area (Å²) < 4.78 is 24.8. The molecule has 0 bridgehead atoms. The van der Waals surface area contributed by atoms with Crippen molar-refractivity contribution >= 4 is 17.9 Å². The van der Waals surface area contributed by atoms with Gasteiger partial charge in [-0.25, -0.2) is 9.18 Å². The second-order valence-corrected chi connectivity index (χ2v) is 6.23. The van der Waals surface area contributed by atoms with Gasteiger partial charge in [0.15, 0.2) is 0 Å². The van der Waals surface area contributed by atoms with Crippen molar-refractivity contribution in [2.75, 3.05) is 20.2 Å². The van der Waals surface area contributed by atoms with Crippen molar-refractivity contribution in [2.45, 2.75) is 24.5 Å². The molecule has 0 radical (unpaired) electrons. The average molecular weight is 363 g/mol. The molecule has 2 rings (SSSR count). The van der Waals surface area contributed by atoms with E-state index in [4.69, 9.17) is 9.47 Å². The number of thioether (sulfide) groups is 1. The van der Waals surface area contributed by atoms with Crippen molar-refractivity contribution in [3.05, 3.63) is 53.8 Å². The van der Waals surface area contributed by atoms with E-state index in [1.54, 1.807) is 18.1 Å². The monoisotopic (exact) mass is 363 g/mol. The highest BCUT2D eigenvalue weighted by Crippen LogP contribution is 2.34. The van der Waals surface area contributed by atoms with Gasteiger partial charge in [-0.2, -0.15) is 0 Å². The van der Waals surface area contributed by atoms with E-state index in [-0.39, 0.29) is 5.75 Å². The molecular weight excluding hydrogens is 341 g/mol. The van der Waals surface area contributed by atoms with Crippen molar-refractivity contribution in [2.24, 2.45) is 0 Å². The maximum absolute atomic E-state index is 14.2.